The SMILES string of the molecule is CCCCCC(C)(C)CNC(=O)CNC(C)(C)C. The number of nitrogens with one attached hydrogen (secondary N) is 2. The van der Waals surface area contributed by atoms with Crippen molar-refractivity contribution < 1.29 is 4.79 Å². The zero-order valence-corrected chi connectivity index (χ0v) is 13.2. The van der Waals surface area contributed by atoms with E-state index in [-0.39, 0.29) is 16.9 Å². The van der Waals surface area contributed by atoms with Crippen LogP contribution in [0.15, 0.2) is 0 Å². The van der Waals surface area contributed by atoms with E-state index in [0.29, 0.717) is 6.54 Å². The summed E-state index contributed by atoms with van der Waals surface area (Å²) in [5.74, 6) is 0.0912. The van der Waals surface area contributed by atoms with Gasteiger partial charge in [-0.25, -0.2) is 0 Å². The largest absolute Gasteiger partial charge is 0.354 e. The van der Waals surface area contributed by atoms with Crippen molar-refractivity contribution in [1.29, 1.82) is 0 Å². The summed E-state index contributed by atoms with van der Waals surface area (Å²) < 4.78 is 0. The molecule has 0 aliphatic carbocycles. The lowest BCUT2D eigenvalue weighted by Crippen LogP contribution is -2.45. The topological polar surface area (TPSA) is 41.1 Å². The third kappa shape index (κ3) is 10.6. The molecule has 0 aliphatic heterocycles. The van der Waals surface area contributed by atoms with Crippen LogP contribution in [0.25, 0.3) is 0 Å². The molecule has 0 fully saturated rings. The first-order chi connectivity index (χ1) is 8.16. The fraction of sp³-hybridized carbons (Fsp3) is 0.933. The first-order valence-corrected chi connectivity index (χ1v) is 7.18. The molecular weight excluding hydrogens is 224 g/mol. The van der Waals surface area contributed by atoms with E-state index in [4.69, 9.17) is 0 Å². The molecule has 0 rings (SSSR count). The van der Waals surface area contributed by atoms with Gasteiger partial charge >= 0.3 is 0 Å². The minimum atomic E-state index is -0.00597. The molecule has 108 valence electrons. The van der Waals surface area contributed by atoms with Gasteiger partial charge in [-0.15, -0.1) is 0 Å². The van der Waals surface area contributed by atoms with Crippen molar-refractivity contribution in [2.24, 2.45) is 5.41 Å². The van der Waals surface area contributed by atoms with Gasteiger partial charge in [0, 0.05) is 12.1 Å². The molecule has 0 bridgehead atoms. The molecule has 0 atom stereocenters. The maximum atomic E-state index is 11.7. The number of carbonyl (C=O) groups excluding carboxylic acids is 1. The van der Waals surface area contributed by atoms with Crippen molar-refractivity contribution in [1.82, 2.24) is 10.6 Å². The second kappa shape index (κ2) is 7.78. The summed E-state index contributed by atoms with van der Waals surface area (Å²) in [5.41, 5.74) is 0.195. The lowest BCUT2D eigenvalue weighted by Gasteiger charge is -2.26. The summed E-state index contributed by atoms with van der Waals surface area (Å²) in [7, 11) is 0. The molecule has 0 aromatic heterocycles. The van der Waals surface area contributed by atoms with Crippen LogP contribution < -0.4 is 10.6 Å². The van der Waals surface area contributed by atoms with Gasteiger partial charge < -0.3 is 10.6 Å². The van der Waals surface area contributed by atoms with Crippen LogP contribution in [0.4, 0.5) is 0 Å². The van der Waals surface area contributed by atoms with Gasteiger partial charge in [-0.1, -0.05) is 40.0 Å². The predicted molar refractivity (Wildman–Crippen MR) is 78.7 cm³/mol. The van der Waals surface area contributed by atoms with E-state index in [1.165, 1.54) is 25.7 Å². The molecule has 2 N–H and O–H groups in total. The lowest BCUT2D eigenvalue weighted by atomic mass is 9.87. The highest BCUT2D eigenvalue weighted by atomic mass is 16.1. The van der Waals surface area contributed by atoms with Crippen molar-refractivity contribution in [2.45, 2.75) is 72.8 Å². The molecule has 0 aromatic carbocycles. The third-order valence-corrected chi connectivity index (χ3v) is 3.00. The molecular formula is C15H32N2O. The number of carbonyl (C=O) groups is 1. The molecule has 0 radical (unpaired) electrons. The van der Waals surface area contributed by atoms with E-state index in [1.807, 2.05) is 0 Å². The fourth-order valence-corrected chi connectivity index (χ4v) is 1.69. The number of amides is 1. The van der Waals surface area contributed by atoms with Crippen LogP contribution in [-0.4, -0.2) is 24.5 Å². The van der Waals surface area contributed by atoms with Gasteiger partial charge in [0.05, 0.1) is 6.54 Å². The summed E-state index contributed by atoms with van der Waals surface area (Å²) in [6.45, 7) is 14.0. The quantitative estimate of drug-likeness (QED) is 0.655. The summed E-state index contributed by atoms with van der Waals surface area (Å²) in [6.07, 6.45) is 4.95. The van der Waals surface area contributed by atoms with E-state index < -0.39 is 0 Å². The Morgan fingerprint density at radius 2 is 1.67 bits per heavy atom. The highest BCUT2D eigenvalue weighted by Crippen LogP contribution is 2.22. The molecule has 18 heavy (non-hydrogen) atoms. The summed E-state index contributed by atoms with van der Waals surface area (Å²) in [4.78, 5) is 11.7. The molecule has 1 amide bonds. The van der Waals surface area contributed by atoms with Crippen LogP contribution in [-0.2, 0) is 4.79 Å². The predicted octanol–water partition coefficient (Wildman–Crippen LogP) is 3.10. The first kappa shape index (κ1) is 17.4. The Morgan fingerprint density at radius 1 is 1.06 bits per heavy atom. The molecule has 3 heteroatoms. The Balaban J connectivity index is 3.82. The van der Waals surface area contributed by atoms with Crippen LogP contribution in [0.5, 0.6) is 0 Å². The standard InChI is InChI=1S/C15H32N2O/c1-7-8-9-10-15(5,6)12-16-13(18)11-17-14(2,3)4/h17H,7-12H2,1-6H3,(H,16,18). The zero-order valence-electron chi connectivity index (χ0n) is 13.2. The van der Waals surface area contributed by atoms with Gasteiger partial charge in [0.25, 0.3) is 0 Å². The summed E-state index contributed by atoms with van der Waals surface area (Å²) in [6, 6.07) is 0. The Kier molecular flexibility index (Phi) is 7.53. The Labute approximate surface area is 113 Å². The van der Waals surface area contributed by atoms with Gasteiger partial charge in [-0.2, -0.15) is 0 Å². The van der Waals surface area contributed by atoms with Crippen molar-refractivity contribution >= 4 is 5.91 Å². The second-order valence-corrected chi connectivity index (χ2v) is 7.00. The molecule has 0 unspecified atom stereocenters. The van der Waals surface area contributed by atoms with E-state index in [0.717, 1.165) is 6.54 Å². The van der Waals surface area contributed by atoms with Gasteiger partial charge in [0.1, 0.15) is 0 Å². The second-order valence-electron chi connectivity index (χ2n) is 7.00. The Morgan fingerprint density at radius 3 is 2.17 bits per heavy atom. The Hall–Kier alpha value is -0.570. The summed E-state index contributed by atoms with van der Waals surface area (Å²) in [5, 5.41) is 6.22. The number of rotatable bonds is 8. The number of unbranched alkanes of at least 4 members (excludes halogenated alkanes) is 2. The third-order valence-electron chi connectivity index (χ3n) is 3.00. The van der Waals surface area contributed by atoms with Crippen LogP contribution in [0.3, 0.4) is 0 Å². The Bertz CT molecular complexity index is 241. The van der Waals surface area contributed by atoms with E-state index in [1.54, 1.807) is 0 Å². The highest BCUT2D eigenvalue weighted by molar-refractivity contribution is 5.78. The number of hydrogen-bond donors (Lipinski definition) is 2. The monoisotopic (exact) mass is 256 g/mol. The van der Waals surface area contributed by atoms with Gasteiger partial charge in [-0.05, 0) is 32.6 Å². The maximum absolute atomic E-state index is 11.7. The first-order valence-electron chi connectivity index (χ1n) is 7.18. The van der Waals surface area contributed by atoms with Crippen molar-refractivity contribution in [3.8, 4) is 0 Å². The van der Waals surface area contributed by atoms with Gasteiger partial charge in [-0.3, -0.25) is 4.79 Å². The molecule has 0 saturated carbocycles. The molecule has 0 spiro atoms. The van der Waals surface area contributed by atoms with Gasteiger partial charge in [0.15, 0.2) is 0 Å². The lowest BCUT2D eigenvalue weighted by molar-refractivity contribution is -0.121. The minimum absolute atomic E-state index is 0.00597. The van der Waals surface area contributed by atoms with Crippen molar-refractivity contribution in [2.75, 3.05) is 13.1 Å². The van der Waals surface area contributed by atoms with Crippen LogP contribution >= 0.6 is 0 Å². The van der Waals surface area contributed by atoms with Crippen molar-refractivity contribution in [3.63, 3.8) is 0 Å². The molecule has 3 nitrogen and oxygen atoms in total. The van der Waals surface area contributed by atoms with Crippen LogP contribution in [0.2, 0.25) is 0 Å². The summed E-state index contributed by atoms with van der Waals surface area (Å²) >= 11 is 0. The van der Waals surface area contributed by atoms with Crippen LogP contribution in [0.1, 0.15) is 67.2 Å². The molecule has 0 saturated heterocycles. The minimum Gasteiger partial charge on any atom is -0.354 e. The molecule has 0 aliphatic rings. The fourth-order valence-electron chi connectivity index (χ4n) is 1.69. The molecule has 0 aromatic rings. The van der Waals surface area contributed by atoms with E-state index >= 15 is 0 Å². The van der Waals surface area contributed by atoms with Crippen LogP contribution in [0, 0.1) is 5.41 Å². The zero-order chi connectivity index (χ0) is 14.2. The van der Waals surface area contributed by atoms with E-state index in [2.05, 4.69) is 52.2 Å². The normalized spacial score (nSPS) is 12.6. The average Bonchev–Trinajstić information content (AvgIpc) is 2.23. The van der Waals surface area contributed by atoms with Gasteiger partial charge in [0.2, 0.25) is 5.91 Å². The maximum Gasteiger partial charge on any atom is 0.233 e. The smallest absolute Gasteiger partial charge is 0.233 e. The molecule has 0 heterocycles. The number of hydrogen-bond acceptors (Lipinski definition) is 2. The highest BCUT2D eigenvalue weighted by Gasteiger charge is 2.18. The average molecular weight is 256 g/mol. The van der Waals surface area contributed by atoms with E-state index in [9.17, 15) is 4.79 Å². The van der Waals surface area contributed by atoms with Crippen molar-refractivity contribution in [3.05, 3.63) is 0 Å².